The molecular formula is C22H31N5O2. The lowest BCUT2D eigenvalue weighted by molar-refractivity contribution is -0.00387. The zero-order chi connectivity index (χ0) is 19.8. The van der Waals surface area contributed by atoms with Crippen molar-refractivity contribution in [1.82, 2.24) is 24.1 Å². The van der Waals surface area contributed by atoms with E-state index in [1.165, 1.54) is 32.1 Å². The molecule has 5 rings (SSSR count). The average Bonchev–Trinajstić information content (AvgIpc) is 3.11. The Balaban J connectivity index is 1.31. The maximum Gasteiger partial charge on any atom is 0.274 e. The summed E-state index contributed by atoms with van der Waals surface area (Å²) in [5.41, 5.74) is 2.32. The molecule has 1 amide bonds. The van der Waals surface area contributed by atoms with Gasteiger partial charge >= 0.3 is 0 Å². The highest BCUT2D eigenvalue weighted by atomic mass is 16.3. The Bertz CT molecular complexity index is 861. The van der Waals surface area contributed by atoms with E-state index in [1.807, 2.05) is 33.7 Å². The lowest BCUT2D eigenvalue weighted by atomic mass is 9.94. The first-order valence-corrected chi connectivity index (χ1v) is 11.1. The number of nitrogens with zero attached hydrogens (tertiary/aromatic N) is 5. The van der Waals surface area contributed by atoms with E-state index in [0.717, 1.165) is 37.5 Å². The topological polar surface area (TPSA) is 64.3 Å². The molecule has 29 heavy (non-hydrogen) atoms. The Morgan fingerprint density at radius 3 is 2.55 bits per heavy atom. The van der Waals surface area contributed by atoms with Gasteiger partial charge in [-0.3, -0.25) is 14.6 Å². The SMILES string of the molecule is O=C(c1nc2ccccn2c1CN1CC(O)C1)N1CCN(C2CCCCC2)CC1. The largest absolute Gasteiger partial charge is 0.390 e. The van der Waals surface area contributed by atoms with Crippen molar-refractivity contribution in [2.75, 3.05) is 39.3 Å². The second kappa shape index (κ2) is 8.05. The molecule has 0 aromatic carbocycles. The first kappa shape index (κ1) is 19.0. The van der Waals surface area contributed by atoms with Crippen LogP contribution in [0.1, 0.15) is 48.3 Å². The van der Waals surface area contributed by atoms with E-state index in [9.17, 15) is 9.90 Å². The maximum atomic E-state index is 13.4. The van der Waals surface area contributed by atoms with Crippen molar-refractivity contribution >= 4 is 11.6 Å². The van der Waals surface area contributed by atoms with Crippen molar-refractivity contribution in [2.24, 2.45) is 0 Å². The van der Waals surface area contributed by atoms with Gasteiger partial charge in [0.05, 0.1) is 11.8 Å². The molecule has 0 spiro atoms. The number of aliphatic hydroxyl groups excluding tert-OH is 1. The van der Waals surface area contributed by atoms with E-state index in [4.69, 9.17) is 4.98 Å². The smallest absolute Gasteiger partial charge is 0.274 e. The van der Waals surface area contributed by atoms with Gasteiger partial charge in [0.2, 0.25) is 0 Å². The molecule has 7 nitrogen and oxygen atoms in total. The van der Waals surface area contributed by atoms with Gasteiger partial charge in [-0.2, -0.15) is 0 Å². The molecule has 1 N–H and O–H groups in total. The number of amides is 1. The van der Waals surface area contributed by atoms with Crippen molar-refractivity contribution in [1.29, 1.82) is 0 Å². The van der Waals surface area contributed by atoms with Crippen molar-refractivity contribution in [2.45, 2.75) is 50.8 Å². The number of hydrogen-bond donors (Lipinski definition) is 1. The standard InChI is InChI=1S/C22H31N5O2/c28-18-14-24(15-18)16-19-21(23-20-8-4-5-9-27(19)20)22(29)26-12-10-25(11-13-26)17-6-2-1-3-7-17/h4-5,8-9,17-18,28H,1-3,6-7,10-16H2. The Morgan fingerprint density at radius 1 is 1.07 bits per heavy atom. The fourth-order valence-electron chi connectivity index (χ4n) is 5.14. The third-order valence-corrected chi connectivity index (χ3v) is 6.84. The first-order chi connectivity index (χ1) is 14.2. The van der Waals surface area contributed by atoms with Crippen LogP contribution in [0.15, 0.2) is 24.4 Å². The maximum absolute atomic E-state index is 13.4. The summed E-state index contributed by atoms with van der Waals surface area (Å²) in [5, 5.41) is 9.63. The third kappa shape index (κ3) is 3.79. The number of fused-ring (bicyclic) bond motifs is 1. The van der Waals surface area contributed by atoms with Gasteiger partial charge in [-0.25, -0.2) is 4.98 Å². The minimum Gasteiger partial charge on any atom is -0.390 e. The highest BCUT2D eigenvalue weighted by Crippen LogP contribution is 2.25. The van der Waals surface area contributed by atoms with Crippen molar-refractivity contribution in [3.63, 3.8) is 0 Å². The number of likely N-dealkylation sites (tertiary alicyclic amines) is 1. The van der Waals surface area contributed by atoms with Crippen LogP contribution < -0.4 is 0 Å². The van der Waals surface area contributed by atoms with E-state index in [0.29, 0.717) is 31.4 Å². The molecule has 4 heterocycles. The van der Waals surface area contributed by atoms with E-state index in [1.54, 1.807) is 0 Å². The van der Waals surface area contributed by atoms with Crippen LogP contribution in [0.4, 0.5) is 0 Å². The fourth-order valence-corrected chi connectivity index (χ4v) is 5.14. The van der Waals surface area contributed by atoms with Gasteiger partial charge in [0.15, 0.2) is 5.69 Å². The summed E-state index contributed by atoms with van der Waals surface area (Å²) in [4.78, 5) is 24.8. The van der Waals surface area contributed by atoms with Crippen LogP contribution >= 0.6 is 0 Å². The Labute approximate surface area is 171 Å². The highest BCUT2D eigenvalue weighted by molar-refractivity contribution is 5.94. The lowest BCUT2D eigenvalue weighted by Crippen LogP contribution is -2.52. The quantitative estimate of drug-likeness (QED) is 0.849. The number of pyridine rings is 1. The number of carbonyl (C=O) groups excluding carboxylic acids is 1. The number of imidazole rings is 1. The average molecular weight is 398 g/mol. The van der Waals surface area contributed by atoms with Crippen molar-refractivity contribution in [3.05, 3.63) is 35.8 Å². The number of hydrogen-bond acceptors (Lipinski definition) is 5. The summed E-state index contributed by atoms with van der Waals surface area (Å²) in [6.07, 6.45) is 8.42. The van der Waals surface area contributed by atoms with Crippen LogP contribution in [-0.4, -0.2) is 86.5 Å². The molecule has 2 aromatic heterocycles. The molecule has 2 aliphatic heterocycles. The number of carbonyl (C=O) groups is 1. The fraction of sp³-hybridized carbons (Fsp3) is 0.636. The predicted molar refractivity (Wildman–Crippen MR) is 111 cm³/mol. The molecule has 156 valence electrons. The molecule has 0 atom stereocenters. The van der Waals surface area contributed by atoms with Gasteiger partial charge in [-0.05, 0) is 25.0 Å². The molecule has 0 unspecified atom stereocenters. The van der Waals surface area contributed by atoms with E-state index in [2.05, 4.69) is 9.80 Å². The second-order valence-corrected chi connectivity index (χ2v) is 8.80. The minimum absolute atomic E-state index is 0.0491. The molecular weight excluding hydrogens is 366 g/mol. The van der Waals surface area contributed by atoms with Gasteiger partial charge in [-0.1, -0.05) is 25.3 Å². The number of aliphatic hydroxyl groups is 1. The zero-order valence-electron chi connectivity index (χ0n) is 17.0. The van der Waals surface area contributed by atoms with Crippen molar-refractivity contribution in [3.8, 4) is 0 Å². The molecule has 3 fully saturated rings. The molecule has 0 bridgehead atoms. The zero-order valence-corrected chi connectivity index (χ0v) is 17.0. The van der Waals surface area contributed by atoms with Gasteiger partial charge in [-0.15, -0.1) is 0 Å². The van der Waals surface area contributed by atoms with Crippen LogP contribution in [0.25, 0.3) is 5.65 Å². The normalized spacial score (nSPS) is 22.9. The minimum atomic E-state index is -0.249. The van der Waals surface area contributed by atoms with Crippen LogP contribution in [0.3, 0.4) is 0 Å². The highest BCUT2D eigenvalue weighted by Gasteiger charge is 2.32. The van der Waals surface area contributed by atoms with Gasteiger partial charge in [0, 0.05) is 58.1 Å². The molecule has 1 saturated carbocycles. The van der Waals surface area contributed by atoms with E-state index < -0.39 is 0 Å². The van der Waals surface area contributed by atoms with Gasteiger partial charge in [0.25, 0.3) is 5.91 Å². The Hall–Kier alpha value is -1.96. The first-order valence-electron chi connectivity index (χ1n) is 11.1. The number of rotatable bonds is 4. The lowest BCUT2D eigenvalue weighted by Gasteiger charge is -2.40. The monoisotopic (exact) mass is 397 g/mol. The summed E-state index contributed by atoms with van der Waals surface area (Å²) in [6.45, 7) is 5.47. The molecule has 1 aliphatic carbocycles. The number of β-amino-alcohol motifs (C(OH)–C–C–N with tert-alkyl or cyclic N) is 1. The molecule has 0 radical (unpaired) electrons. The van der Waals surface area contributed by atoms with Crippen LogP contribution in [0.5, 0.6) is 0 Å². The molecule has 2 saturated heterocycles. The van der Waals surface area contributed by atoms with E-state index in [-0.39, 0.29) is 12.0 Å². The van der Waals surface area contributed by atoms with Crippen LogP contribution in [-0.2, 0) is 6.54 Å². The number of aromatic nitrogens is 2. The summed E-state index contributed by atoms with van der Waals surface area (Å²) in [5.74, 6) is 0.0491. The summed E-state index contributed by atoms with van der Waals surface area (Å²) >= 11 is 0. The Kier molecular flexibility index (Phi) is 5.28. The van der Waals surface area contributed by atoms with Crippen molar-refractivity contribution < 1.29 is 9.90 Å². The van der Waals surface area contributed by atoms with E-state index >= 15 is 0 Å². The predicted octanol–water partition coefficient (Wildman–Crippen LogP) is 1.60. The molecule has 3 aliphatic rings. The second-order valence-electron chi connectivity index (χ2n) is 8.80. The summed E-state index contributed by atoms with van der Waals surface area (Å²) in [6, 6.07) is 6.59. The van der Waals surface area contributed by atoms with Gasteiger partial charge in [0.1, 0.15) is 5.65 Å². The Morgan fingerprint density at radius 2 is 1.83 bits per heavy atom. The molecule has 2 aromatic rings. The summed E-state index contributed by atoms with van der Waals surface area (Å²) < 4.78 is 2.02. The van der Waals surface area contributed by atoms with Crippen LogP contribution in [0, 0.1) is 0 Å². The summed E-state index contributed by atoms with van der Waals surface area (Å²) in [7, 11) is 0. The van der Waals surface area contributed by atoms with Crippen LogP contribution in [0.2, 0.25) is 0 Å². The third-order valence-electron chi connectivity index (χ3n) is 6.84. The number of piperazine rings is 1. The molecule has 7 heteroatoms. The van der Waals surface area contributed by atoms with Gasteiger partial charge < -0.3 is 14.4 Å².